The molecular formula is C35H47N5O3. The van der Waals surface area contributed by atoms with Crippen molar-refractivity contribution in [2.45, 2.75) is 66.3 Å². The highest BCUT2D eigenvalue weighted by molar-refractivity contribution is 5.98. The van der Waals surface area contributed by atoms with Crippen molar-refractivity contribution in [1.82, 2.24) is 20.5 Å². The van der Waals surface area contributed by atoms with Crippen LogP contribution in [0.15, 0.2) is 70.7 Å². The molecule has 1 aliphatic heterocycles. The number of likely N-dealkylation sites (N-methyl/N-ethyl adjacent to an activating group) is 1. The summed E-state index contributed by atoms with van der Waals surface area (Å²) in [6, 6.07) is 10.4. The van der Waals surface area contributed by atoms with Gasteiger partial charge in [0, 0.05) is 73.4 Å². The fraction of sp³-hybridized carbons (Fsp3) is 0.457. The number of hydrogen-bond acceptors (Lipinski definition) is 5. The van der Waals surface area contributed by atoms with Gasteiger partial charge in [0.05, 0.1) is 0 Å². The molecule has 8 nitrogen and oxygen atoms in total. The summed E-state index contributed by atoms with van der Waals surface area (Å²) in [7, 11) is 0. The minimum absolute atomic E-state index is 0.00870. The van der Waals surface area contributed by atoms with Gasteiger partial charge in [-0.1, -0.05) is 37.6 Å². The summed E-state index contributed by atoms with van der Waals surface area (Å²) in [5, 5.41) is 6.36. The molecule has 4 rings (SSSR count). The molecule has 230 valence electrons. The Morgan fingerprint density at radius 1 is 1.12 bits per heavy atom. The molecule has 2 fully saturated rings. The smallest absolute Gasteiger partial charge is 0.253 e. The van der Waals surface area contributed by atoms with Crippen molar-refractivity contribution in [2.75, 3.05) is 37.6 Å². The molecule has 1 saturated heterocycles. The second-order valence-corrected chi connectivity index (χ2v) is 11.6. The van der Waals surface area contributed by atoms with Crippen LogP contribution in [-0.4, -0.2) is 54.4 Å². The summed E-state index contributed by atoms with van der Waals surface area (Å²) in [4.78, 5) is 46.9. The van der Waals surface area contributed by atoms with Crippen molar-refractivity contribution in [3.63, 3.8) is 0 Å². The zero-order valence-electron chi connectivity index (χ0n) is 26.2. The molecule has 1 saturated carbocycles. The summed E-state index contributed by atoms with van der Waals surface area (Å²) in [5.74, 6) is -0.188. The third-order valence-corrected chi connectivity index (χ3v) is 8.68. The maximum absolute atomic E-state index is 13.8. The monoisotopic (exact) mass is 585 g/mol. The van der Waals surface area contributed by atoms with Gasteiger partial charge in [-0.3, -0.25) is 14.4 Å². The van der Waals surface area contributed by atoms with E-state index < -0.39 is 0 Å². The van der Waals surface area contributed by atoms with Gasteiger partial charge in [0.25, 0.3) is 11.5 Å². The zero-order valence-corrected chi connectivity index (χ0v) is 26.2. The van der Waals surface area contributed by atoms with Crippen LogP contribution in [0.1, 0.15) is 61.9 Å². The molecule has 2 amide bonds. The molecule has 2 aromatic rings. The second-order valence-electron chi connectivity index (χ2n) is 11.6. The van der Waals surface area contributed by atoms with Crippen molar-refractivity contribution >= 4 is 17.5 Å². The molecule has 0 radical (unpaired) electrons. The van der Waals surface area contributed by atoms with E-state index in [-0.39, 0.29) is 29.8 Å². The van der Waals surface area contributed by atoms with E-state index in [1.807, 2.05) is 39.8 Å². The number of allylic oxidation sites excluding steroid dienone is 2. The average molecular weight is 586 g/mol. The quantitative estimate of drug-likeness (QED) is 0.263. The van der Waals surface area contributed by atoms with Gasteiger partial charge in [0.1, 0.15) is 0 Å². The normalized spacial score (nSPS) is 16.6. The number of aryl methyl sites for hydroxylation is 2. The number of pyridine rings is 1. The topological polar surface area (TPSA) is 97.5 Å². The molecule has 0 unspecified atom stereocenters. The summed E-state index contributed by atoms with van der Waals surface area (Å²) >= 11 is 0. The van der Waals surface area contributed by atoms with Crippen molar-refractivity contribution in [1.29, 1.82) is 0 Å². The van der Waals surface area contributed by atoms with Crippen molar-refractivity contribution in [3.05, 3.63) is 98.6 Å². The molecule has 1 aliphatic carbocycles. The van der Waals surface area contributed by atoms with Crippen LogP contribution in [0, 0.1) is 19.8 Å². The van der Waals surface area contributed by atoms with E-state index in [9.17, 15) is 14.4 Å². The molecule has 8 heteroatoms. The minimum Gasteiger partial charge on any atom is -0.369 e. The molecule has 0 atom stereocenters. The number of rotatable bonds is 11. The first kappa shape index (κ1) is 32.0. The third kappa shape index (κ3) is 7.93. The molecule has 2 heterocycles. The van der Waals surface area contributed by atoms with Gasteiger partial charge in [-0.2, -0.15) is 0 Å². The number of H-pyrrole nitrogens is 1. The van der Waals surface area contributed by atoms with Crippen LogP contribution in [-0.2, 0) is 22.6 Å². The van der Waals surface area contributed by atoms with Crippen molar-refractivity contribution in [3.8, 4) is 0 Å². The Bertz CT molecular complexity index is 1420. The summed E-state index contributed by atoms with van der Waals surface area (Å²) < 4.78 is 0. The summed E-state index contributed by atoms with van der Waals surface area (Å²) in [6.07, 6.45) is 8.08. The lowest BCUT2D eigenvalue weighted by Crippen LogP contribution is -2.43. The van der Waals surface area contributed by atoms with Crippen LogP contribution in [0.3, 0.4) is 0 Å². The van der Waals surface area contributed by atoms with E-state index in [1.54, 1.807) is 11.0 Å². The Morgan fingerprint density at radius 3 is 2.40 bits per heavy atom. The largest absolute Gasteiger partial charge is 0.369 e. The third-order valence-electron chi connectivity index (χ3n) is 8.68. The molecule has 0 spiro atoms. The Balaban J connectivity index is 1.63. The van der Waals surface area contributed by atoms with Crippen LogP contribution in [0.25, 0.3) is 0 Å². The maximum atomic E-state index is 13.8. The summed E-state index contributed by atoms with van der Waals surface area (Å²) in [6.45, 7) is 16.1. The lowest BCUT2D eigenvalue weighted by molar-refractivity contribution is -0.133. The molecule has 43 heavy (non-hydrogen) atoms. The van der Waals surface area contributed by atoms with Crippen molar-refractivity contribution < 1.29 is 9.59 Å². The number of aromatic nitrogens is 1. The number of hydrogen-bond donors (Lipinski definition) is 3. The van der Waals surface area contributed by atoms with Gasteiger partial charge in [0.2, 0.25) is 5.91 Å². The highest BCUT2D eigenvalue weighted by Crippen LogP contribution is 2.30. The van der Waals surface area contributed by atoms with Gasteiger partial charge in [-0.25, -0.2) is 0 Å². The van der Waals surface area contributed by atoms with Crippen LogP contribution in [0.2, 0.25) is 0 Å². The standard InChI is InChI=1S/C35H47N5O3/c1-6-32(40(7-2)35(43)28-10-8-9-11-28)26(5)30(33(41)37-23-31-24(3)22-25(4)38-34(31)42)17-14-27-12-15-29(16-13-27)39-20-18-36-19-21-39/h6,12-13,15-17,22,28,36H,1,7-11,14,18-21,23H2,2-5H3,(H,37,41)(H,38,42)/b30-17+,32-26+. The van der Waals surface area contributed by atoms with Crippen LogP contribution < -0.4 is 21.1 Å². The van der Waals surface area contributed by atoms with E-state index in [4.69, 9.17) is 0 Å². The van der Waals surface area contributed by atoms with Gasteiger partial charge in [-0.05, 0) is 87.9 Å². The first-order valence-electron chi connectivity index (χ1n) is 15.6. The number of aromatic amines is 1. The fourth-order valence-corrected chi connectivity index (χ4v) is 6.21. The predicted molar refractivity (Wildman–Crippen MR) is 174 cm³/mol. The summed E-state index contributed by atoms with van der Waals surface area (Å²) in [5.41, 5.74) is 6.02. The number of carbonyl (C=O) groups excluding carboxylic acids is 2. The number of piperazine rings is 1. The number of benzene rings is 1. The second kappa shape index (κ2) is 15.0. The number of amides is 2. The molecule has 3 N–H and O–H groups in total. The minimum atomic E-state index is -0.293. The van der Waals surface area contributed by atoms with Crippen LogP contribution in [0.4, 0.5) is 5.69 Å². The molecular weight excluding hydrogens is 538 g/mol. The number of nitrogens with zero attached hydrogens (tertiary/aromatic N) is 2. The predicted octanol–water partition coefficient (Wildman–Crippen LogP) is 4.69. The average Bonchev–Trinajstić information content (AvgIpc) is 3.55. The van der Waals surface area contributed by atoms with E-state index in [2.05, 4.69) is 51.4 Å². The van der Waals surface area contributed by atoms with Gasteiger partial charge >= 0.3 is 0 Å². The highest BCUT2D eigenvalue weighted by Gasteiger charge is 2.29. The Hall–Kier alpha value is -3.91. The van der Waals surface area contributed by atoms with Crippen LogP contribution in [0.5, 0.6) is 0 Å². The van der Waals surface area contributed by atoms with E-state index in [0.717, 1.165) is 68.7 Å². The van der Waals surface area contributed by atoms with Gasteiger partial charge in [-0.15, -0.1) is 0 Å². The maximum Gasteiger partial charge on any atom is 0.253 e. The van der Waals surface area contributed by atoms with E-state index in [1.165, 1.54) is 5.69 Å². The van der Waals surface area contributed by atoms with E-state index in [0.29, 0.717) is 35.4 Å². The first-order valence-corrected chi connectivity index (χ1v) is 15.6. The molecule has 0 bridgehead atoms. The van der Waals surface area contributed by atoms with E-state index >= 15 is 0 Å². The van der Waals surface area contributed by atoms with Crippen LogP contribution >= 0.6 is 0 Å². The SMILES string of the molecule is C=C/C(=C(C)\C(=C/Cc1ccc(N2CCNCC2)cc1)C(=O)NCc1c(C)cc(C)[nH]c1=O)N(CC)C(=O)C1CCCC1. The Morgan fingerprint density at radius 2 is 1.79 bits per heavy atom. The zero-order chi connectivity index (χ0) is 30.9. The van der Waals surface area contributed by atoms with Gasteiger partial charge in [0.15, 0.2) is 0 Å². The first-order chi connectivity index (χ1) is 20.7. The fourth-order valence-electron chi connectivity index (χ4n) is 6.21. The molecule has 2 aliphatic rings. The molecule has 1 aromatic heterocycles. The number of anilines is 1. The Labute approximate surface area is 255 Å². The lowest BCUT2D eigenvalue weighted by atomic mass is 9.98. The Kier molecular flexibility index (Phi) is 11.2. The number of carbonyl (C=O) groups is 2. The molecule has 1 aromatic carbocycles. The van der Waals surface area contributed by atoms with Gasteiger partial charge < -0.3 is 25.4 Å². The highest BCUT2D eigenvalue weighted by atomic mass is 16.2. The number of nitrogens with one attached hydrogen (secondary N) is 3. The lowest BCUT2D eigenvalue weighted by Gasteiger charge is -2.29. The van der Waals surface area contributed by atoms with Crippen molar-refractivity contribution in [2.24, 2.45) is 5.92 Å².